The molecule has 0 spiro atoms. The molecule has 2 aromatic heterocycles. The van der Waals surface area contributed by atoms with Crippen LogP contribution in [0.1, 0.15) is 22.9 Å². The van der Waals surface area contributed by atoms with Gasteiger partial charge in [-0.2, -0.15) is 9.97 Å². The lowest BCUT2D eigenvalue weighted by Gasteiger charge is -2.09. The van der Waals surface area contributed by atoms with Gasteiger partial charge in [-0.1, -0.05) is 132 Å². The van der Waals surface area contributed by atoms with E-state index in [4.69, 9.17) is 53.1 Å². The summed E-state index contributed by atoms with van der Waals surface area (Å²) in [6, 6.07) is 43.5. The van der Waals surface area contributed by atoms with Crippen LogP contribution in [0.15, 0.2) is 170 Å². The van der Waals surface area contributed by atoms with Crippen molar-refractivity contribution in [3.05, 3.63) is 190 Å². The predicted molar refractivity (Wildman–Crippen MR) is 245 cm³/mol. The topological polar surface area (TPSA) is 163 Å². The lowest BCUT2D eigenvalue weighted by Crippen LogP contribution is -2.13. The number of hydrogen-bond acceptors (Lipinski definition) is 10. The summed E-state index contributed by atoms with van der Waals surface area (Å²) in [5.41, 5.74) is 2.99. The third-order valence-corrected chi connectivity index (χ3v) is 12.8. The molecule has 0 atom stereocenters. The molecule has 63 heavy (non-hydrogen) atoms. The van der Waals surface area contributed by atoms with Crippen molar-refractivity contribution in [3.63, 3.8) is 0 Å². The van der Waals surface area contributed by atoms with E-state index in [-0.39, 0.29) is 43.0 Å². The van der Waals surface area contributed by atoms with Crippen LogP contribution in [-0.4, -0.2) is 41.0 Å². The van der Waals surface area contributed by atoms with Crippen molar-refractivity contribution in [1.82, 2.24) is 9.97 Å². The fraction of sp³-hybridized carbons (Fsp3) is 0.0870. The van der Waals surface area contributed by atoms with Crippen LogP contribution in [0.25, 0.3) is 22.6 Å². The molecule has 0 radical (unpaired) electrons. The van der Waals surface area contributed by atoms with Gasteiger partial charge in [-0.3, -0.25) is 9.44 Å². The van der Waals surface area contributed by atoms with Crippen LogP contribution >= 0.6 is 34.8 Å². The molecule has 322 valence electrons. The van der Waals surface area contributed by atoms with Crippen LogP contribution in [0.3, 0.4) is 0 Å². The maximum Gasteiger partial charge on any atom is 0.263 e. The average Bonchev–Trinajstić information content (AvgIpc) is 3.87. The minimum absolute atomic E-state index is 0.0390. The number of nitrogens with zero attached hydrogens (tertiary/aromatic N) is 2. The summed E-state index contributed by atoms with van der Waals surface area (Å²) in [6.07, 6.45) is 0.782. The van der Waals surface area contributed by atoms with Gasteiger partial charge in [0.25, 0.3) is 20.0 Å². The third kappa shape index (κ3) is 11.0. The monoisotopic (exact) mass is 942 g/mol. The van der Waals surface area contributed by atoms with Crippen molar-refractivity contribution in [2.24, 2.45) is 0 Å². The number of sulfonamides is 2. The largest absolute Gasteiger partial charge is 0.495 e. The van der Waals surface area contributed by atoms with Gasteiger partial charge in [-0.25, -0.2) is 16.8 Å². The second-order valence-electron chi connectivity index (χ2n) is 13.6. The molecule has 0 aliphatic carbocycles. The molecule has 2 N–H and O–H groups in total. The van der Waals surface area contributed by atoms with Crippen LogP contribution in [-0.2, 0) is 32.9 Å². The number of hydrogen-bond donors (Lipinski definition) is 2. The van der Waals surface area contributed by atoms with Gasteiger partial charge in [0.1, 0.15) is 5.75 Å². The zero-order valence-electron chi connectivity index (χ0n) is 33.5. The maximum atomic E-state index is 12.9. The van der Waals surface area contributed by atoms with E-state index in [9.17, 15) is 16.8 Å². The maximum absolute atomic E-state index is 12.9. The molecule has 0 bridgehead atoms. The molecule has 8 aromatic rings. The summed E-state index contributed by atoms with van der Waals surface area (Å²) in [7, 11) is -4.79. The SMILES string of the molecule is COc1c(Cl)cc(-c2oc(Cc3ccccc3)nc2NS(=O)(=O)c2ccccc2)cc1Cl.COc1cc(-c2oc(Cc3ccccc3)nc2NS(=O)(=O)c2ccccc2)ccc1Cl. The van der Waals surface area contributed by atoms with Gasteiger partial charge in [0.2, 0.25) is 11.8 Å². The predicted octanol–water partition coefficient (Wildman–Crippen LogP) is 11.4. The van der Waals surface area contributed by atoms with Crippen LogP contribution in [0, 0.1) is 0 Å². The highest BCUT2D eigenvalue weighted by atomic mass is 35.5. The van der Waals surface area contributed by atoms with Crippen molar-refractivity contribution < 1.29 is 35.1 Å². The summed E-state index contributed by atoms with van der Waals surface area (Å²) in [5, 5.41) is 0.947. The van der Waals surface area contributed by atoms with E-state index in [0.29, 0.717) is 52.3 Å². The van der Waals surface area contributed by atoms with Gasteiger partial charge < -0.3 is 18.3 Å². The zero-order chi connectivity index (χ0) is 44.6. The molecule has 0 saturated heterocycles. The second-order valence-corrected chi connectivity index (χ2v) is 18.1. The normalized spacial score (nSPS) is 11.3. The molecule has 6 aromatic carbocycles. The Morgan fingerprint density at radius 2 is 0.921 bits per heavy atom. The molecule has 0 aliphatic heterocycles. The van der Waals surface area contributed by atoms with E-state index in [0.717, 1.165) is 11.1 Å². The fourth-order valence-corrected chi connectivity index (χ4v) is 9.10. The van der Waals surface area contributed by atoms with Gasteiger partial charge in [0.05, 0.1) is 39.1 Å². The first kappa shape index (κ1) is 44.8. The van der Waals surface area contributed by atoms with Crippen molar-refractivity contribution in [1.29, 1.82) is 0 Å². The minimum atomic E-state index is -3.90. The molecule has 0 saturated carbocycles. The smallest absolute Gasteiger partial charge is 0.263 e. The summed E-state index contributed by atoms with van der Waals surface area (Å²) in [4.78, 5) is 9.09. The van der Waals surface area contributed by atoms with Gasteiger partial charge in [-0.05, 0) is 65.7 Å². The Balaban J connectivity index is 0.000000189. The fourth-order valence-electron chi connectivity index (χ4n) is 6.21. The number of oxazole rings is 2. The summed E-state index contributed by atoms with van der Waals surface area (Å²) in [6.45, 7) is 0. The van der Waals surface area contributed by atoms with Crippen LogP contribution in [0.5, 0.6) is 11.5 Å². The van der Waals surface area contributed by atoms with Gasteiger partial charge >= 0.3 is 0 Å². The van der Waals surface area contributed by atoms with Crippen molar-refractivity contribution in [2.45, 2.75) is 22.6 Å². The van der Waals surface area contributed by atoms with Crippen LogP contribution in [0.4, 0.5) is 11.6 Å². The summed E-state index contributed by atoms with van der Waals surface area (Å²) < 4.78 is 79.2. The first-order chi connectivity index (χ1) is 30.3. The lowest BCUT2D eigenvalue weighted by atomic mass is 10.1. The molecule has 17 heteroatoms. The van der Waals surface area contributed by atoms with Crippen LogP contribution < -0.4 is 18.9 Å². The van der Waals surface area contributed by atoms with Gasteiger partial charge in [-0.15, -0.1) is 0 Å². The average molecular weight is 944 g/mol. The zero-order valence-corrected chi connectivity index (χ0v) is 37.4. The van der Waals surface area contributed by atoms with E-state index >= 15 is 0 Å². The first-order valence-corrected chi connectivity index (χ1v) is 23.0. The number of rotatable bonds is 14. The van der Waals surface area contributed by atoms with Crippen molar-refractivity contribution in [2.75, 3.05) is 23.7 Å². The van der Waals surface area contributed by atoms with E-state index in [1.54, 1.807) is 66.7 Å². The Morgan fingerprint density at radius 1 is 0.508 bits per heavy atom. The van der Waals surface area contributed by atoms with E-state index in [1.807, 2.05) is 60.7 Å². The Bertz CT molecular complexity index is 3020. The number of nitrogens with one attached hydrogen (secondary N) is 2. The first-order valence-electron chi connectivity index (χ1n) is 18.9. The summed E-state index contributed by atoms with van der Waals surface area (Å²) in [5.74, 6) is 2.07. The molecule has 0 fully saturated rings. The third-order valence-electron chi connectivity index (χ3n) is 9.19. The van der Waals surface area contributed by atoms with Gasteiger partial charge in [0.15, 0.2) is 28.9 Å². The Morgan fingerprint density at radius 3 is 1.33 bits per heavy atom. The molecular weight excluding hydrogens is 907 g/mol. The molecule has 8 rings (SSSR count). The van der Waals surface area contributed by atoms with Crippen LogP contribution in [0.2, 0.25) is 15.1 Å². The Hall–Kier alpha value is -6.29. The minimum Gasteiger partial charge on any atom is -0.495 e. The second kappa shape index (κ2) is 19.8. The molecule has 2 heterocycles. The van der Waals surface area contributed by atoms with E-state index in [1.165, 1.54) is 38.5 Å². The highest BCUT2D eigenvalue weighted by Crippen LogP contribution is 2.41. The molecule has 0 amide bonds. The molecule has 0 unspecified atom stereocenters. The highest BCUT2D eigenvalue weighted by Gasteiger charge is 2.25. The van der Waals surface area contributed by atoms with E-state index < -0.39 is 20.0 Å². The number of methoxy groups -OCH3 is 2. The number of aromatic nitrogens is 2. The molecule has 0 aliphatic rings. The Labute approximate surface area is 379 Å². The molecule has 12 nitrogen and oxygen atoms in total. The highest BCUT2D eigenvalue weighted by molar-refractivity contribution is 7.93. The lowest BCUT2D eigenvalue weighted by molar-refractivity contribution is 0.415. The number of benzene rings is 6. The van der Waals surface area contributed by atoms with Gasteiger partial charge in [0, 0.05) is 24.0 Å². The van der Waals surface area contributed by atoms with E-state index in [2.05, 4.69) is 19.4 Å². The Kier molecular flexibility index (Phi) is 14.1. The standard InChI is InChI=1S/C23H18Cl2N2O4S.C23H19ClN2O4S/c1-30-22-18(24)13-16(14-19(22)25)21-23(27-32(28,29)17-10-6-3-7-11-17)26-20(31-21)12-15-8-4-2-5-9-15;1-29-20-15-17(12-13-19(20)24)22-23(26-31(27,28)18-10-6-3-7-11-18)25-21(30-22)14-16-8-4-2-5-9-16/h2-11,13-14,27H,12H2,1H3;2-13,15,26H,14H2,1H3. The molecular formula is C46H37Cl3N4O8S2. The quantitative estimate of drug-likeness (QED) is 0.107. The number of anilines is 2. The van der Waals surface area contributed by atoms with Crippen molar-refractivity contribution >= 4 is 66.5 Å². The summed E-state index contributed by atoms with van der Waals surface area (Å²) >= 11 is 18.7. The number of halogens is 3. The van der Waals surface area contributed by atoms with Crippen molar-refractivity contribution in [3.8, 4) is 34.1 Å². The number of ether oxygens (including phenoxy) is 2.